The Balaban J connectivity index is 1.66. The van der Waals surface area contributed by atoms with Gasteiger partial charge in [0.2, 0.25) is 0 Å². The van der Waals surface area contributed by atoms with Gasteiger partial charge in [0, 0.05) is 18.3 Å². The fraction of sp³-hybridized carbons (Fsp3) is 0.276. The molecule has 0 saturated carbocycles. The van der Waals surface area contributed by atoms with E-state index in [0.29, 0.717) is 36.6 Å². The molecule has 1 fully saturated rings. The number of likely N-dealkylation sites (tertiary alicyclic amines) is 1. The van der Waals surface area contributed by atoms with E-state index in [0.717, 1.165) is 17.7 Å². The Morgan fingerprint density at radius 2 is 1.81 bits per heavy atom. The highest BCUT2D eigenvalue weighted by atomic mass is 16.5. The van der Waals surface area contributed by atoms with Crippen LogP contribution in [0.2, 0.25) is 0 Å². The van der Waals surface area contributed by atoms with Gasteiger partial charge in [-0.3, -0.25) is 14.6 Å². The molecule has 1 saturated heterocycles. The van der Waals surface area contributed by atoms with E-state index in [4.69, 9.17) is 4.74 Å². The average molecular weight is 486 g/mol. The van der Waals surface area contributed by atoms with Crippen molar-refractivity contribution in [2.75, 3.05) is 27.2 Å². The second-order valence-corrected chi connectivity index (χ2v) is 9.16. The largest absolute Gasteiger partial charge is 0.507 e. The molecule has 1 N–H and O–H groups in total. The zero-order valence-electron chi connectivity index (χ0n) is 20.8. The number of hydrogen-bond donors (Lipinski definition) is 1. The number of ether oxygens (including phenoxy) is 1. The monoisotopic (exact) mass is 485 g/mol. The van der Waals surface area contributed by atoms with E-state index in [1.54, 1.807) is 36.5 Å². The first-order valence-corrected chi connectivity index (χ1v) is 12.0. The number of aliphatic hydroxyl groups is 1. The summed E-state index contributed by atoms with van der Waals surface area (Å²) in [5.41, 5.74) is 2.91. The summed E-state index contributed by atoms with van der Waals surface area (Å²) in [7, 11) is 3.92. The van der Waals surface area contributed by atoms with Gasteiger partial charge in [-0.2, -0.15) is 0 Å². The highest BCUT2D eigenvalue weighted by Gasteiger charge is 2.46. The molecular formula is C29H31N3O4. The van der Waals surface area contributed by atoms with Crippen LogP contribution < -0.4 is 4.74 Å². The van der Waals surface area contributed by atoms with Crippen LogP contribution in [0.5, 0.6) is 5.75 Å². The summed E-state index contributed by atoms with van der Waals surface area (Å²) in [5, 5.41) is 11.3. The van der Waals surface area contributed by atoms with Crippen LogP contribution in [0.25, 0.3) is 5.76 Å². The summed E-state index contributed by atoms with van der Waals surface area (Å²) >= 11 is 0. The molecule has 1 aliphatic rings. The van der Waals surface area contributed by atoms with Gasteiger partial charge in [-0.1, -0.05) is 36.4 Å². The van der Waals surface area contributed by atoms with Crippen molar-refractivity contribution in [1.29, 1.82) is 0 Å². The van der Waals surface area contributed by atoms with Crippen molar-refractivity contribution < 1.29 is 19.4 Å². The molecule has 0 spiro atoms. The second-order valence-electron chi connectivity index (χ2n) is 9.16. The molecule has 36 heavy (non-hydrogen) atoms. The number of hydrogen-bond acceptors (Lipinski definition) is 6. The molecule has 2 aromatic carbocycles. The number of benzene rings is 2. The lowest BCUT2D eigenvalue weighted by molar-refractivity contribution is -0.140. The molecule has 3 aromatic rings. The first kappa shape index (κ1) is 25.1. The fourth-order valence-electron chi connectivity index (χ4n) is 4.36. The number of nitrogens with zero attached hydrogens (tertiary/aromatic N) is 3. The number of pyridine rings is 1. The predicted octanol–water partition coefficient (Wildman–Crippen LogP) is 4.34. The third-order valence-corrected chi connectivity index (χ3v) is 6.20. The second kappa shape index (κ2) is 11.2. The van der Waals surface area contributed by atoms with Gasteiger partial charge >= 0.3 is 0 Å². The van der Waals surface area contributed by atoms with Crippen molar-refractivity contribution in [2.24, 2.45) is 0 Å². The van der Waals surface area contributed by atoms with Crippen molar-refractivity contribution in [1.82, 2.24) is 14.8 Å². The van der Waals surface area contributed by atoms with Crippen molar-refractivity contribution in [3.8, 4) is 5.75 Å². The van der Waals surface area contributed by atoms with Crippen LogP contribution in [-0.4, -0.2) is 58.8 Å². The maximum atomic E-state index is 13.2. The van der Waals surface area contributed by atoms with E-state index in [9.17, 15) is 14.7 Å². The Kier molecular flexibility index (Phi) is 7.80. The molecule has 0 aliphatic carbocycles. The normalized spacial score (nSPS) is 17.1. The lowest BCUT2D eigenvalue weighted by Gasteiger charge is -2.25. The van der Waals surface area contributed by atoms with Gasteiger partial charge in [0.1, 0.15) is 24.2 Å². The van der Waals surface area contributed by atoms with Gasteiger partial charge in [0.05, 0.1) is 11.3 Å². The third kappa shape index (κ3) is 5.47. The molecule has 7 nitrogen and oxygen atoms in total. The summed E-state index contributed by atoms with van der Waals surface area (Å²) in [4.78, 5) is 34.1. The van der Waals surface area contributed by atoms with Crippen molar-refractivity contribution >= 4 is 17.4 Å². The Morgan fingerprint density at radius 1 is 1.06 bits per heavy atom. The summed E-state index contributed by atoms with van der Waals surface area (Å²) in [6.45, 7) is 3.45. The Morgan fingerprint density at radius 3 is 2.47 bits per heavy atom. The van der Waals surface area contributed by atoms with E-state index >= 15 is 0 Å². The number of aromatic nitrogens is 1. The molecule has 186 valence electrons. The Hall–Kier alpha value is -3.97. The van der Waals surface area contributed by atoms with Crippen LogP contribution in [0.15, 0.2) is 78.5 Å². The first-order valence-electron chi connectivity index (χ1n) is 12.0. The highest BCUT2D eigenvalue weighted by molar-refractivity contribution is 6.46. The smallest absolute Gasteiger partial charge is 0.295 e. The van der Waals surface area contributed by atoms with Gasteiger partial charge in [0.15, 0.2) is 0 Å². The number of amides is 1. The minimum atomic E-state index is -0.748. The molecule has 1 atom stereocenters. The average Bonchev–Trinajstić information content (AvgIpc) is 3.13. The molecule has 0 radical (unpaired) electrons. The molecular weight excluding hydrogens is 454 g/mol. The molecule has 4 rings (SSSR count). The van der Waals surface area contributed by atoms with Crippen molar-refractivity contribution in [3.63, 3.8) is 0 Å². The fourth-order valence-corrected chi connectivity index (χ4v) is 4.36. The topological polar surface area (TPSA) is 83.0 Å². The van der Waals surface area contributed by atoms with Crippen LogP contribution in [0.1, 0.15) is 34.8 Å². The molecule has 1 amide bonds. The van der Waals surface area contributed by atoms with Gasteiger partial charge in [-0.15, -0.1) is 0 Å². The number of Topliss-reactive ketones (excluding diaryl/α,β-unsaturated/α-hetero) is 1. The third-order valence-electron chi connectivity index (χ3n) is 6.20. The van der Waals surface area contributed by atoms with E-state index in [2.05, 4.69) is 4.98 Å². The quantitative estimate of drug-likeness (QED) is 0.276. The van der Waals surface area contributed by atoms with E-state index < -0.39 is 17.7 Å². The number of rotatable bonds is 9. The summed E-state index contributed by atoms with van der Waals surface area (Å²) < 4.78 is 5.95. The Bertz CT molecular complexity index is 1260. The molecule has 2 heterocycles. The molecule has 1 aliphatic heterocycles. The lowest BCUT2D eigenvalue weighted by atomic mass is 9.97. The number of aryl methyl sites for hydroxylation is 1. The number of ketones is 1. The zero-order valence-corrected chi connectivity index (χ0v) is 20.8. The van der Waals surface area contributed by atoms with Crippen LogP contribution in [0.4, 0.5) is 0 Å². The summed E-state index contributed by atoms with van der Waals surface area (Å²) in [5.74, 6) is -0.849. The first-order chi connectivity index (χ1) is 17.4. The molecule has 1 unspecified atom stereocenters. The number of aliphatic hydroxyl groups excluding tert-OH is 1. The maximum absolute atomic E-state index is 13.2. The van der Waals surface area contributed by atoms with Crippen LogP contribution >= 0.6 is 0 Å². The Labute approximate surface area is 211 Å². The number of carbonyl (C=O) groups excluding carboxylic acids is 2. The molecule has 1 aromatic heterocycles. The molecule has 7 heteroatoms. The van der Waals surface area contributed by atoms with E-state index in [-0.39, 0.29) is 11.3 Å². The SMILES string of the molecule is Cc1cc(/C(O)=C2/C(=O)C(=O)N(CCCN(C)C)C2c2ccccn2)ccc1OCc1ccccc1. The van der Waals surface area contributed by atoms with Crippen LogP contribution in [0.3, 0.4) is 0 Å². The summed E-state index contributed by atoms with van der Waals surface area (Å²) in [6.07, 6.45) is 2.31. The van der Waals surface area contributed by atoms with Gasteiger partial charge in [0.25, 0.3) is 11.7 Å². The predicted molar refractivity (Wildman–Crippen MR) is 138 cm³/mol. The maximum Gasteiger partial charge on any atom is 0.295 e. The van der Waals surface area contributed by atoms with E-state index in [1.165, 1.54) is 4.90 Å². The van der Waals surface area contributed by atoms with Crippen LogP contribution in [-0.2, 0) is 16.2 Å². The molecule has 0 bridgehead atoms. The zero-order chi connectivity index (χ0) is 25.7. The van der Waals surface area contributed by atoms with Crippen molar-refractivity contribution in [2.45, 2.75) is 26.0 Å². The van der Waals surface area contributed by atoms with Crippen molar-refractivity contribution in [3.05, 3.63) is 101 Å². The minimum Gasteiger partial charge on any atom is -0.507 e. The standard InChI is InChI=1S/C29H31N3O4/c1-20-18-22(13-14-24(20)36-19-21-10-5-4-6-11-21)27(33)25-26(23-12-7-8-15-30-23)32(29(35)28(25)34)17-9-16-31(2)3/h4-8,10-15,18,26,33H,9,16-17,19H2,1-3H3/b27-25-. The van der Waals surface area contributed by atoms with Crippen LogP contribution in [0, 0.1) is 6.92 Å². The highest BCUT2D eigenvalue weighted by Crippen LogP contribution is 2.39. The minimum absolute atomic E-state index is 0.0564. The van der Waals surface area contributed by atoms with Gasteiger partial charge in [-0.25, -0.2) is 0 Å². The van der Waals surface area contributed by atoms with Gasteiger partial charge in [-0.05, 0) is 75.4 Å². The lowest BCUT2D eigenvalue weighted by Crippen LogP contribution is -2.32. The van der Waals surface area contributed by atoms with E-state index in [1.807, 2.05) is 62.3 Å². The summed E-state index contributed by atoms with van der Waals surface area (Å²) in [6, 6.07) is 19.7. The van der Waals surface area contributed by atoms with Gasteiger partial charge < -0.3 is 19.6 Å². The number of carbonyl (C=O) groups is 2.